The van der Waals surface area contributed by atoms with Gasteiger partial charge in [0, 0.05) is 10.6 Å². The molecule has 1 aliphatic rings. The summed E-state index contributed by atoms with van der Waals surface area (Å²) in [6.07, 6.45) is 0.715. The summed E-state index contributed by atoms with van der Waals surface area (Å²) in [6, 6.07) is 19.2. The Labute approximate surface area is 144 Å². The van der Waals surface area contributed by atoms with Crippen molar-refractivity contribution in [1.82, 2.24) is 5.32 Å². The van der Waals surface area contributed by atoms with Gasteiger partial charge in [0.25, 0.3) is 0 Å². The molecule has 1 heterocycles. The predicted molar refractivity (Wildman–Crippen MR) is 95.5 cm³/mol. The maximum absolute atomic E-state index is 12.8. The molecule has 0 bridgehead atoms. The summed E-state index contributed by atoms with van der Waals surface area (Å²) in [4.78, 5) is 25.6. The van der Waals surface area contributed by atoms with Crippen molar-refractivity contribution in [3.63, 3.8) is 0 Å². The number of hydrogen-bond acceptors (Lipinski definition) is 4. The monoisotopic (exact) mass is 343 g/mol. The zero-order valence-corrected chi connectivity index (χ0v) is 14.1. The Kier molecular flexibility index (Phi) is 5.41. The number of amides is 1. The third kappa shape index (κ3) is 4.18. The second-order valence-electron chi connectivity index (χ2n) is 5.24. The minimum atomic E-state index is -0.364. The normalized spacial score (nSPS) is 18.6. The number of carbonyl (C=O) groups excluding carboxylic acids is 2. The Hall–Kier alpha value is -1.72. The van der Waals surface area contributed by atoms with Gasteiger partial charge in [0.15, 0.2) is 0 Å². The highest BCUT2D eigenvalue weighted by Gasteiger charge is 2.30. The maximum atomic E-state index is 12.8. The molecule has 2 aromatic rings. The third-order valence-corrected chi connectivity index (χ3v) is 5.86. The van der Waals surface area contributed by atoms with Crippen molar-refractivity contribution in [2.45, 2.75) is 22.6 Å². The van der Waals surface area contributed by atoms with Crippen LogP contribution in [0.2, 0.25) is 0 Å². The molecule has 23 heavy (non-hydrogen) atoms. The number of nitrogens with one attached hydrogen (secondary N) is 1. The van der Waals surface area contributed by atoms with Crippen molar-refractivity contribution in [3.8, 4) is 0 Å². The van der Waals surface area contributed by atoms with Crippen molar-refractivity contribution in [3.05, 3.63) is 66.2 Å². The molecule has 1 N–H and O–H groups in total. The minimum absolute atomic E-state index is 0.0647. The van der Waals surface area contributed by atoms with Crippen LogP contribution < -0.4 is 5.32 Å². The molecule has 0 aliphatic carbocycles. The number of thioether (sulfide) groups is 2. The molecule has 1 saturated heterocycles. The summed E-state index contributed by atoms with van der Waals surface area (Å²) in [7, 11) is 0. The second kappa shape index (κ2) is 7.70. The van der Waals surface area contributed by atoms with E-state index in [2.05, 4.69) is 5.32 Å². The van der Waals surface area contributed by atoms with E-state index < -0.39 is 0 Å². The van der Waals surface area contributed by atoms with Crippen LogP contribution in [0.15, 0.2) is 65.6 Å². The SMILES string of the molecule is O=C1SCCC1NC(=O)C(Sc1ccccc1)c1ccccc1. The Morgan fingerprint density at radius 2 is 1.74 bits per heavy atom. The molecule has 2 unspecified atom stereocenters. The van der Waals surface area contributed by atoms with Crippen molar-refractivity contribution in [2.24, 2.45) is 0 Å². The molecule has 0 spiro atoms. The van der Waals surface area contributed by atoms with Crippen molar-refractivity contribution < 1.29 is 9.59 Å². The number of rotatable bonds is 5. The lowest BCUT2D eigenvalue weighted by Gasteiger charge is -2.19. The van der Waals surface area contributed by atoms with Gasteiger partial charge in [-0.3, -0.25) is 9.59 Å². The van der Waals surface area contributed by atoms with E-state index in [9.17, 15) is 9.59 Å². The molecular formula is C18H17NO2S2. The lowest BCUT2D eigenvalue weighted by molar-refractivity contribution is -0.124. The Morgan fingerprint density at radius 3 is 2.35 bits per heavy atom. The van der Waals surface area contributed by atoms with Gasteiger partial charge in [0.2, 0.25) is 11.0 Å². The molecule has 118 valence electrons. The van der Waals surface area contributed by atoms with E-state index in [1.54, 1.807) is 0 Å². The molecule has 0 aromatic heterocycles. The van der Waals surface area contributed by atoms with Crippen LogP contribution in [0.25, 0.3) is 0 Å². The molecule has 0 radical (unpaired) electrons. The minimum Gasteiger partial charge on any atom is -0.344 e. The molecule has 1 aliphatic heterocycles. The molecular weight excluding hydrogens is 326 g/mol. The van der Waals surface area contributed by atoms with E-state index >= 15 is 0 Å². The van der Waals surface area contributed by atoms with Gasteiger partial charge >= 0.3 is 0 Å². The van der Waals surface area contributed by atoms with Crippen molar-refractivity contribution in [2.75, 3.05) is 5.75 Å². The fraction of sp³-hybridized carbons (Fsp3) is 0.222. The fourth-order valence-electron chi connectivity index (χ4n) is 2.41. The molecule has 1 amide bonds. The van der Waals surface area contributed by atoms with E-state index in [4.69, 9.17) is 0 Å². The topological polar surface area (TPSA) is 46.2 Å². The van der Waals surface area contributed by atoms with Gasteiger partial charge in [0.05, 0.1) is 6.04 Å². The van der Waals surface area contributed by atoms with E-state index in [0.717, 1.165) is 16.2 Å². The molecule has 2 atom stereocenters. The summed E-state index contributed by atoms with van der Waals surface area (Å²) < 4.78 is 0. The summed E-state index contributed by atoms with van der Waals surface area (Å²) >= 11 is 2.80. The molecule has 2 aromatic carbocycles. The molecule has 1 fully saturated rings. The van der Waals surface area contributed by atoms with Gasteiger partial charge in [-0.05, 0) is 24.1 Å². The summed E-state index contributed by atoms with van der Waals surface area (Å²) in [5.41, 5.74) is 0.942. The first-order chi connectivity index (χ1) is 11.2. The molecule has 0 saturated carbocycles. The third-order valence-electron chi connectivity index (χ3n) is 3.59. The summed E-state index contributed by atoms with van der Waals surface area (Å²) in [5, 5.41) is 2.62. The van der Waals surface area contributed by atoms with Gasteiger partial charge in [-0.25, -0.2) is 0 Å². The first kappa shape index (κ1) is 16.1. The first-order valence-corrected chi connectivity index (χ1v) is 9.34. The van der Waals surface area contributed by atoms with Gasteiger partial charge in [-0.2, -0.15) is 0 Å². The number of hydrogen-bond donors (Lipinski definition) is 1. The van der Waals surface area contributed by atoms with E-state index in [1.807, 2.05) is 60.7 Å². The largest absolute Gasteiger partial charge is 0.344 e. The van der Waals surface area contributed by atoms with Crippen LogP contribution in [0.4, 0.5) is 0 Å². The van der Waals surface area contributed by atoms with E-state index in [0.29, 0.717) is 6.42 Å². The fourth-order valence-corrected chi connectivity index (χ4v) is 4.40. The lowest BCUT2D eigenvalue weighted by Crippen LogP contribution is -2.39. The quantitative estimate of drug-likeness (QED) is 0.842. The smallest absolute Gasteiger partial charge is 0.238 e. The highest BCUT2D eigenvalue weighted by atomic mass is 32.2. The number of carbonyl (C=O) groups is 2. The van der Waals surface area contributed by atoms with Gasteiger partial charge < -0.3 is 5.32 Å². The Bertz CT molecular complexity index is 676. The van der Waals surface area contributed by atoms with Crippen LogP contribution in [-0.4, -0.2) is 22.8 Å². The van der Waals surface area contributed by atoms with Crippen LogP contribution >= 0.6 is 23.5 Å². The molecule has 3 rings (SSSR count). The Morgan fingerprint density at radius 1 is 1.09 bits per heavy atom. The average molecular weight is 343 g/mol. The second-order valence-corrected chi connectivity index (χ2v) is 7.52. The summed E-state index contributed by atoms with van der Waals surface area (Å²) in [6.45, 7) is 0. The van der Waals surface area contributed by atoms with Crippen LogP contribution in [0, 0.1) is 0 Å². The highest BCUT2D eigenvalue weighted by molar-refractivity contribution is 8.14. The predicted octanol–water partition coefficient (Wildman–Crippen LogP) is 3.67. The van der Waals surface area contributed by atoms with Gasteiger partial charge in [-0.1, -0.05) is 60.3 Å². The molecule has 5 heteroatoms. The first-order valence-electron chi connectivity index (χ1n) is 7.48. The van der Waals surface area contributed by atoms with Crippen LogP contribution in [-0.2, 0) is 9.59 Å². The van der Waals surface area contributed by atoms with E-state index in [-0.39, 0.29) is 22.3 Å². The Balaban J connectivity index is 1.79. The van der Waals surface area contributed by atoms with Crippen molar-refractivity contribution in [1.29, 1.82) is 0 Å². The van der Waals surface area contributed by atoms with Crippen LogP contribution in [0.5, 0.6) is 0 Å². The number of benzene rings is 2. The zero-order chi connectivity index (χ0) is 16.1. The van der Waals surface area contributed by atoms with Crippen LogP contribution in [0.1, 0.15) is 17.2 Å². The summed E-state index contributed by atoms with van der Waals surface area (Å²) in [5.74, 6) is 0.678. The van der Waals surface area contributed by atoms with E-state index in [1.165, 1.54) is 23.5 Å². The van der Waals surface area contributed by atoms with Gasteiger partial charge in [0.1, 0.15) is 5.25 Å². The maximum Gasteiger partial charge on any atom is 0.238 e. The average Bonchev–Trinajstić information content (AvgIpc) is 2.99. The zero-order valence-electron chi connectivity index (χ0n) is 12.5. The molecule has 3 nitrogen and oxygen atoms in total. The van der Waals surface area contributed by atoms with Crippen LogP contribution in [0.3, 0.4) is 0 Å². The lowest BCUT2D eigenvalue weighted by atomic mass is 10.1. The van der Waals surface area contributed by atoms with Crippen molar-refractivity contribution >= 4 is 34.5 Å². The highest BCUT2D eigenvalue weighted by Crippen LogP contribution is 2.35. The standard InChI is InChI=1S/C18H17NO2S2/c20-17(19-15-11-12-22-18(15)21)16(13-7-3-1-4-8-13)23-14-9-5-2-6-10-14/h1-10,15-16H,11-12H2,(H,19,20). The van der Waals surface area contributed by atoms with Gasteiger partial charge in [-0.15, -0.1) is 11.8 Å².